The number of nitrogens with one attached hydrogen (secondary N) is 1. The predicted octanol–water partition coefficient (Wildman–Crippen LogP) is 4.32. The number of anilines is 1. The standard InChI is InChI=1S/C23H17F3N2O5S/c24-23(25,26)34(31,32)27-18-11-9-15(10-12-18)13-28-14-17-7-4-8-19(20(17)21(28)29)33-22(30)16-5-2-1-3-6-16/h1-12,27H,13-14H2. The number of esters is 1. The second-order valence-corrected chi connectivity index (χ2v) is 9.13. The summed E-state index contributed by atoms with van der Waals surface area (Å²) in [6.45, 7) is 0.360. The van der Waals surface area contributed by atoms with E-state index >= 15 is 0 Å². The van der Waals surface area contributed by atoms with Gasteiger partial charge in [-0.2, -0.15) is 21.6 Å². The fourth-order valence-electron chi connectivity index (χ4n) is 3.44. The highest BCUT2D eigenvalue weighted by Gasteiger charge is 2.46. The fourth-order valence-corrected chi connectivity index (χ4v) is 4.01. The first-order chi connectivity index (χ1) is 16.0. The first kappa shape index (κ1) is 23.3. The van der Waals surface area contributed by atoms with E-state index in [2.05, 4.69) is 0 Å². The lowest BCUT2D eigenvalue weighted by molar-refractivity contribution is -0.0429. The molecule has 176 valence electrons. The van der Waals surface area contributed by atoms with Gasteiger partial charge in [-0.25, -0.2) is 4.79 Å². The van der Waals surface area contributed by atoms with Crippen LogP contribution in [0.15, 0.2) is 72.8 Å². The molecule has 0 spiro atoms. The molecule has 0 saturated carbocycles. The largest absolute Gasteiger partial charge is 0.516 e. The normalized spacial score (nSPS) is 13.5. The number of benzene rings is 3. The summed E-state index contributed by atoms with van der Waals surface area (Å²) in [7, 11) is -5.52. The van der Waals surface area contributed by atoms with Gasteiger partial charge >= 0.3 is 21.5 Å². The highest BCUT2D eigenvalue weighted by molar-refractivity contribution is 7.93. The third-order valence-electron chi connectivity index (χ3n) is 5.07. The summed E-state index contributed by atoms with van der Waals surface area (Å²) >= 11 is 0. The fraction of sp³-hybridized carbons (Fsp3) is 0.130. The number of nitrogens with zero attached hydrogens (tertiary/aromatic N) is 1. The lowest BCUT2D eigenvalue weighted by Gasteiger charge is -2.16. The summed E-state index contributed by atoms with van der Waals surface area (Å²) < 4.78 is 66.9. The van der Waals surface area contributed by atoms with Gasteiger partial charge in [-0.15, -0.1) is 0 Å². The Balaban J connectivity index is 1.47. The van der Waals surface area contributed by atoms with Crippen molar-refractivity contribution in [1.29, 1.82) is 0 Å². The van der Waals surface area contributed by atoms with Crippen LogP contribution in [0.3, 0.4) is 0 Å². The number of halogens is 3. The third-order valence-corrected chi connectivity index (χ3v) is 6.19. The minimum atomic E-state index is -5.52. The molecule has 0 atom stereocenters. The van der Waals surface area contributed by atoms with Crippen molar-refractivity contribution in [3.8, 4) is 5.75 Å². The lowest BCUT2D eigenvalue weighted by Crippen LogP contribution is -2.29. The van der Waals surface area contributed by atoms with Gasteiger partial charge in [0.2, 0.25) is 0 Å². The zero-order valence-electron chi connectivity index (χ0n) is 17.4. The maximum atomic E-state index is 13.0. The van der Waals surface area contributed by atoms with Crippen molar-refractivity contribution < 1.29 is 35.9 Å². The molecule has 7 nitrogen and oxygen atoms in total. The second kappa shape index (κ2) is 8.82. The van der Waals surface area contributed by atoms with Crippen LogP contribution >= 0.6 is 0 Å². The number of hydrogen-bond acceptors (Lipinski definition) is 5. The van der Waals surface area contributed by atoms with Gasteiger partial charge in [-0.3, -0.25) is 9.52 Å². The van der Waals surface area contributed by atoms with Gasteiger partial charge in [0, 0.05) is 18.8 Å². The molecule has 4 rings (SSSR count). The Kier molecular flexibility index (Phi) is 6.05. The molecule has 1 amide bonds. The van der Waals surface area contributed by atoms with Crippen LogP contribution in [-0.4, -0.2) is 30.7 Å². The predicted molar refractivity (Wildman–Crippen MR) is 116 cm³/mol. The van der Waals surface area contributed by atoms with Crippen molar-refractivity contribution in [3.05, 3.63) is 95.1 Å². The number of carbonyl (C=O) groups excluding carboxylic acids is 2. The van der Waals surface area contributed by atoms with Gasteiger partial charge in [0.05, 0.1) is 11.1 Å². The number of alkyl halides is 3. The van der Waals surface area contributed by atoms with Gasteiger partial charge in [0.1, 0.15) is 5.75 Å². The van der Waals surface area contributed by atoms with Crippen molar-refractivity contribution in [2.24, 2.45) is 0 Å². The van der Waals surface area contributed by atoms with E-state index in [1.165, 1.54) is 40.0 Å². The van der Waals surface area contributed by atoms with Gasteiger partial charge in [0.15, 0.2) is 0 Å². The van der Waals surface area contributed by atoms with Crippen LogP contribution in [0, 0.1) is 0 Å². The second-order valence-electron chi connectivity index (χ2n) is 7.46. The molecule has 34 heavy (non-hydrogen) atoms. The van der Waals surface area contributed by atoms with E-state index in [-0.39, 0.29) is 36.0 Å². The van der Waals surface area contributed by atoms with Crippen LogP contribution in [0.1, 0.15) is 31.8 Å². The van der Waals surface area contributed by atoms with Crippen molar-refractivity contribution >= 4 is 27.6 Å². The Hall–Kier alpha value is -3.86. The Morgan fingerprint density at radius 2 is 1.65 bits per heavy atom. The summed E-state index contributed by atoms with van der Waals surface area (Å²) in [4.78, 5) is 26.9. The third kappa shape index (κ3) is 4.74. The average Bonchev–Trinajstić information content (AvgIpc) is 3.11. The van der Waals surface area contributed by atoms with E-state index in [1.807, 2.05) is 0 Å². The first-order valence-corrected chi connectivity index (χ1v) is 11.4. The number of sulfonamides is 1. The van der Waals surface area contributed by atoms with E-state index in [1.54, 1.807) is 42.5 Å². The zero-order valence-corrected chi connectivity index (χ0v) is 18.2. The Bertz CT molecular complexity index is 1340. The smallest absolute Gasteiger partial charge is 0.422 e. The first-order valence-electron chi connectivity index (χ1n) is 9.91. The molecule has 0 fully saturated rings. The summed E-state index contributed by atoms with van der Waals surface area (Å²) in [6.07, 6.45) is 0. The van der Waals surface area contributed by atoms with E-state index in [9.17, 15) is 31.2 Å². The molecule has 11 heteroatoms. The molecule has 1 N–H and O–H groups in total. The minimum absolute atomic E-state index is 0.117. The van der Waals surface area contributed by atoms with E-state index in [0.717, 1.165) is 0 Å². The molecule has 3 aromatic rings. The lowest BCUT2D eigenvalue weighted by atomic mass is 10.1. The Morgan fingerprint density at radius 3 is 2.29 bits per heavy atom. The minimum Gasteiger partial charge on any atom is -0.422 e. The number of amides is 1. The van der Waals surface area contributed by atoms with Gasteiger partial charge in [-0.05, 0) is 41.5 Å². The van der Waals surface area contributed by atoms with Crippen LogP contribution < -0.4 is 9.46 Å². The van der Waals surface area contributed by atoms with Crippen molar-refractivity contribution in [3.63, 3.8) is 0 Å². The van der Waals surface area contributed by atoms with E-state index in [0.29, 0.717) is 16.7 Å². The number of ether oxygens (including phenoxy) is 1. The Labute approximate surface area is 192 Å². The monoisotopic (exact) mass is 490 g/mol. The van der Waals surface area contributed by atoms with E-state index < -0.39 is 21.5 Å². The average molecular weight is 490 g/mol. The summed E-state index contributed by atoms with van der Waals surface area (Å²) in [5, 5.41) is 0. The summed E-state index contributed by atoms with van der Waals surface area (Å²) in [5.41, 5.74) is -3.85. The summed E-state index contributed by atoms with van der Waals surface area (Å²) in [5.74, 6) is -0.832. The van der Waals surface area contributed by atoms with Crippen LogP contribution in [0.25, 0.3) is 0 Å². The van der Waals surface area contributed by atoms with Crippen LogP contribution in [-0.2, 0) is 23.1 Å². The van der Waals surface area contributed by atoms with Crippen LogP contribution in [0.5, 0.6) is 5.75 Å². The van der Waals surface area contributed by atoms with Gasteiger partial charge < -0.3 is 9.64 Å². The Morgan fingerprint density at radius 1 is 0.971 bits per heavy atom. The molecular formula is C23H17F3N2O5S. The molecule has 3 aromatic carbocycles. The number of fused-ring (bicyclic) bond motifs is 1. The molecular weight excluding hydrogens is 473 g/mol. The van der Waals surface area contributed by atoms with E-state index in [4.69, 9.17) is 4.74 Å². The molecule has 1 heterocycles. The summed E-state index contributed by atoms with van der Waals surface area (Å²) in [6, 6.07) is 18.5. The SMILES string of the molecule is O=C(Oc1cccc2c1C(=O)N(Cc1ccc(NS(=O)(=O)C(F)(F)F)cc1)C2)c1ccccc1. The van der Waals surface area contributed by atoms with Crippen molar-refractivity contribution in [1.82, 2.24) is 4.90 Å². The number of carbonyl (C=O) groups is 2. The van der Waals surface area contributed by atoms with Crippen molar-refractivity contribution in [2.75, 3.05) is 4.72 Å². The van der Waals surface area contributed by atoms with Gasteiger partial charge in [-0.1, -0.05) is 42.5 Å². The van der Waals surface area contributed by atoms with Gasteiger partial charge in [0.25, 0.3) is 5.91 Å². The topological polar surface area (TPSA) is 92.8 Å². The number of hydrogen-bond donors (Lipinski definition) is 1. The zero-order chi connectivity index (χ0) is 24.5. The molecule has 0 unspecified atom stereocenters. The highest BCUT2D eigenvalue weighted by atomic mass is 32.2. The molecule has 0 saturated heterocycles. The quantitative estimate of drug-likeness (QED) is 0.410. The molecule has 0 radical (unpaired) electrons. The molecule has 0 aromatic heterocycles. The maximum absolute atomic E-state index is 13.0. The molecule has 0 bridgehead atoms. The van der Waals surface area contributed by atoms with Crippen LogP contribution in [0.4, 0.5) is 18.9 Å². The molecule has 0 aliphatic carbocycles. The molecule has 1 aliphatic rings. The highest BCUT2D eigenvalue weighted by Crippen LogP contribution is 2.33. The van der Waals surface area contributed by atoms with Crippen molar-refractivity contribution in [2.45, 2.75) is 18.6 Å². The van der Waals surface area contributed by atoms with Crippen LogP contribution in [0.2, 0.25) is 0 Å². The molecule has 1 aliphatic heterocycles. The maximum Gasteiger partial charge on any atom is 0.516 e. The number of rotatable bonds is 6.